The zero-order valence-corrected chi connectivity index (χ0v) is 16.0. The normalized spacial score (nSPS) is 19.7. The third-order valence-electron chi connectivity index (χ3n) is 4.76. The zero-order valence-electron chi connectivity index (χ0n) is 15.2. The van der Waals surface area contributed by atoms with E-state index in [9.17, 15) is 0 Å². The Hall–Kier alpha value is -2.66. The monoisotopic (exact) mass is 362 g/mol. The molecule has 26 heavy (non-hydrogen) atoms. The van der Waals surface area contributed by atoms with Crippen LogP contribution in [0.15, 0.2) is 54.7 Å². The van der Waals surface area contributed by atoms with E-state index in [0.717, 1.165) is 27.9 Å². The summed E-state index contributed by atoms with van der Waals surface area (Å²) in [5, 5.41) is 4.22. The fourth-order valence-electron chi connectivity index (χ4n) is 3.74. The maximum atomic E-state index is 5.74. The van der Waals surface area contributed by atoms with E-state index in [1.807, 2.05) is 24.4 Å². The van der Waals surface area contributed by atoms with Crippen molar-refractivity contribution in [1.82, 2.24) is 15.3 Å². The Morgan fingerprint density at radius 1 is 1.00 bits per heavy atom. The molecule has 0 saturated carbocycles. The van der Waals surface area contributed by atoms with Crippen molar-refractivity contribution in [1.29, 1.82) is 0 Å². The van der Waals surface area contributed by atoms with E-state index in [4.69, 9.17) is 12.2 Å². The van der Waals surface area contributed by atoms with Crippen LogP contribution < -0.4 is 10.2 Å². The smallest absolute Gasteiger partial charge is 0.174 e. The number of pyridine rings is 1. The maximum Gasteiger partial charge on any atom is 0.174 e. The number of thiocarbonyl (C=S) groups is 1. The lowest BCUT2D eigenvalue weighted by Crippen LogP contribution is -2.29. The van der Waals surface area contributed by atoms with Crippen LogP contribution in [-0.4, -0.2) is 15.1 Å². The second-order valence-corrected chi connectivity index (χ2v) is 7.33. The van der Waals surface area contributed by atoms with E-state index in [0.29, 0.717) is 0 Å². The largest absolute Gasteiger partial charge is 0.361 e. The first-order chi connectivity index (χ1) is 12.5. The molecular formula is C21H22N4S. The lowest BCUT2D eigenvalue weighted by Gasteiger charge is -2.27. The summed E-state index contributed by atoms with van der Waals surface area (Å²) in [6, 6.07) is 16.8. The predicted octanol–water partition coefficient (Wildman–Crippen LogP) is 4.51. The van der Waals surface area contributed by atoms with Crippen molar-refractivity contribution < 1.29 is 0 Å². The molecule has 5 heteroatoms. The summed E-state index contributed by atoms with van der Waals surface area (Å²) >= 11 is 5.74. The molecule has 4 rings (SSSR count). The van der Waals surface area contributed by atoms with Gasteiger partial charge < -0.3 is 15.2 Å². The van der Waals surface area contributed by atoms with E-state index >= 15 is 0 Å². The zero-order chi connectivity index (χ0) is 18.3. The number of rotatable bonds is 3. The van der Waals surface area contributed by atoms with Gasteiger partial charge in [0.15, 0.2) is 5.11 Å². The molecule has 132 valence electrons. The van der Waals surface area contributed by atoms with Crippen LogP contribution in [-0.2, 0) is 0 Å². The molecule has 1 fully saturated rings. The Bertz CT molecular complexity index is 927. The first-order valence-corrected chi connectivity index (χ1v) is 9.18. The van der Waals surface area contributed by atoms with Crippen molar-refractivity contribution in [2.24, 2.45) is 0 Å². The number of hydrogen-bond acceptors (Lipinski definition) is 2. The van der Waals surface area contributed by atoms with E-state index < -0.39 is 0 Å². The quantitative estimate of drug-likeness (QED) is 0.673. The van der Waals surface area contributed by atoms with Crippen LogP contribution in [0, 0.1) is 20.8 Å². The van der Waals surface area contributed by atoms with Crippen LogP contribution in [0.4, 0.5) is 5.69 Å². The Balaban J connectivity index is 1.85. The summed E-state index contributed by atoms with van der Waals surface area (Å²) < 4.78 is 0. The predicted molar refractivity (Wildman–Crippen MR) is 109 cm³/mol. The molecule has 4 nitrogen and oxygen atoms in total. The summed E-state index contributed by atoms with van der Waals surface area (Å²) in [6.07, 6.45) is 1.83. The number of hydrogen-bond donors (Lipinski definition) is 2. The molecule has 0 spiro atoms. The van der Waals surface area contributed by atoms with Gasteiger partial charge in [-0.05, 0) is 80.5 Å². The van der Waals surface area contributed by atoms with Gasteiger partial charge in [-0.15, -0.1) is 0 Å². The van der Waals surface area contributed by atoms with Crippen molar-refractivity contribution in [3.05, 3.63) is 82.9 Å². The van der Waals surface area contributed by atoms with E-state index in [-0.39, 0.29) is 12.1 Å². The van der Waals surface area contributed by atoms with Crippen LogP contribution in [0.3, 0.4) is 0 Å². The highest BCUT2D eigenvalue weighted by atomic mass is 32.1. The van der Waals surface area contributed by atoms with E-state index in [1.165, 1.54) is 11.1 Å². The average molecular weight is 363 g/mol. The summed E-state index contributed by atoms with van der Waals surface area (Å²) in [6.45, 7) is 6.31. The van der Waals surface area contributed by atoms with Crippen molar-refractivity contribution in [2.45, 2.75) is 32.9 Å². The molecule has 0 unspecified atom stereocenters. The fourth-order valence-corrected chi connectivity index (χ4v) is 4.08. The van der Waals surface area contributed by atoms with Gasteiger partial charge in [-0.25, -0.2) is 0 Å². The first kappa shape index (κ1) is 16.8. The van der Waals surface area contributed by atoms with Crippen LogP contribution in [0.5, 0.6) is 0 Å². The van der Waals surface area contributed by atoms with Gasteiger partial charge >= 0.3 is 0 Å². The van der Waals surface area contributed by atoms with Crippen molar-refractivity contribution in [3.8, 4) is 0 Å². The third-order valence-corrected chi connectivity index (χ3v) is 5.07. The highest BCUT2D eigenvalue weighted by Crippen LogP contribution is 2.41. The second kappa shape index (κ2) is 6.57. The molecule has 2 N–H and O–H groups in total. The number of anilines is 1. The van der Waals surface area contributed by atoms with Gasteiger partial charge in [0.2, 0.25) is 0 Å². The molecule has 0 aliphatic carbocycles. The number of nitrogens with zero attached hydrogens (tertiary/aromatic N) is 2. The number of nitrogens with one attached hydrogen (secondary N) is 2. The Kier molecular flexibility index (Phi) is 4.24. The summed E-state index contributed by atoms with van der Waals surface area (Å²) in [7, 11) is 0. The van der Waals surface area contributed by atoms with Crippen LogP contribution in [0.25, 0.3) is 0 Å². The molecular weight excluding hydrogens is 340 g/mol. The summed E-state index contributed by atoms with van der Waals surface area (Å²) in [4.78, 5) is 10.3. The lowest BCUT2D eigenvalue weighted by molar-refractivity contribution is 0.558. The van der Waals surface area contributed by atoms with Crippen molar-refractivity contribution in [3.63, 3.8) is 0 Å². The minimum absolute atomic E-state index is 0.0115. The van der Waals surface area contributed by atoms with E-state index in [2.05, 4.69) is 71.3 Å². The van der Waals surface area contributed by atoms with Gasteiger partial charge in [-0.1, -0.05) is 12.1 Å². The van der Waals surface area contributed by atoms with Crippen molar-refractivity contribution >= 4 is 23.0 Å². The fraction of sp³-hybridized carbons (Fsp3) is 0.238. The van der Waals surface area contributed by atoms with Gasteiger partial charge in [0.1, 0.15) is 6.04 Å². The molecule has 1 aliphatic rings. The van der Waals surface area contributed by atoms with Crippen LogP contribution in [0.2, 0.25) is 0 Å². The number of benzene rings is 1. The molecule has 0 amide bonds. The van der Waals surface area contributed by atoms with E-state index in [1.54, 1.807) is 0 Å². The number of aromatic nitrogens is 2. The first-order valence-electron chi connectivity index (χ1n) is 8.77. The molecule has 0 bridgehead atoms. The third kappa shape index (κ3) is 2.99. The van der Waals surface area contributed by atoms with Crippen LogP contribution >= 0.6 is 12.2 Å². The number of aromatic amines is 1. The second-order valence-electron chi connectivity index (χ2n) is 6.94. The standard InChI is InChI=1S/C21H22N4S/c1-13-10-14(2)12-16(11-13)25-20(18-8-7-15(3)23-18)19(24-21(25)26)17-6-4-5-9-22-17/h4-12,19-20,23H,1-3H3,(H,24,26)/t19-,20-/m0/s1. The van der Waals surface area contributed by atoms with Gasteiger partial charge in [0.05, 0.1) is 11.7 Å². The molecule has 2 atom stereocenters. The summed E-state index contributed by atoms with van der Waals surface area (Å²) in [5.41, 5.74) is 6.81. The number of H-pyrrole nitrogens is 1. The SMILES string of the molecule is Cc1cc(C)cc(N2C(=S)N[C@@H](c3ccccn3)[C@@H]2c2ccc(C)[nH]2)c1. The van der Waals surface area contributed by atoms with Crippen LogP contribution in [0.1, 0.15) is 40.3 Å². The highest BCUT2D eigenvalue weighted by molar-refractivity contribution is 7.80. The van der Waals surface area contributed by atoms with Crippen molar-refractivity contribution in [2.75, 3.05) is 4.90 Å². The topological polar surface area (TPSA) is 44.0 Å². The minimum atomic E-state index is -0.0115. The molecule has 3 heterocycles. The highest BCUT2D eigenvalue weighted by Gasteiger charge is 2.41. The molecule has 2 aromatic heterocycles. The van der Waals surface area contributed by atoms with Gasteiger partial charge in [-0.2, -0.15) is 0 Å². The Morgan fingerprint density at radius 3 is 2.38 bits per heavy atom. The van der Waals surface area contributed by atoms with Gasteiger partial charge in [-0.3, -0.25) is 4.98 Å². The summed E-state index contributed by atoms with van der Waals surface area (Å²) in [5.74, 6) is 0. The number of aryl methyl sites for hydroxylation is 3. The average Bonchev–Trinajstić information content (AvgIpc) is 3.18. The lowest BCUT2D eigenvalue weighted by atomic mass is 10.0. The molecule has 0 radical (unpaired) electrons. The Labute approximate surface area is 159 Å². The molecule has 1 aliphatic heterocycles. The maximum absolute atomic E-state index is 5.74. The Morgan fingerprint density at radius 2 is 1.77 bits per heavy atom. The van der Waals surface area contributed by atoms with Gasteiger partial charge in [0, 0.05) is 23.3 Å². The molecule has 1 saturated heterocycles. The molecule has 1 aromatic carbocycles. The minimum Gasteiger partial charge on any atom is -0.361 e. The molecule has 3 aromatic rings. The van der Waals surface area contributed by atoms with Gasteiger partial charge in [0.25, 0.3) is 0 Å².